The molecule has 2 aromatic rings. The fourth-order valence-electron chi connectivity index (χ4n) is 3.43. The first-order valence-corrected chi connectivity index (χ1v) is 12.6. The molecule has 0 radical (unpaired) electrons. The number of ketones is 1. The molecule has 7 heteroatoms. The van der Waals surface area contributed by atoms with Crippen LogP contribution in [0.2, 0.25) is 0 Å². The summed E-state index contributed by atoms with van der Waals surface area (Å²) in [5, 5.41) is 6.23. The average molecular weight is 459 g/mol. The number of nitrogens with one attached hydrogen (secondary N) is 2. The van der Waals surface area contributed by atoms with Gasteiger partial charge in [-0.05, 0) is 29.9 Å². The zero-order valence-electron chi connectivity index (χ0n) is 19.1. The van der Waals surface area contributed by atoms with Crippen molar-refractivity contribution in [3.05, 3.63) is 71.8 Å². The fourth-order valence-corrected chi connectivity index (χ4v) is 4.03. The highest BCUT2D eigenvalue weighted by molar-refractivity contribution is 7.85. The minimum Gasteiger partial charge on any atom is -0.445 e. The molecule has 32 heavy (non-hydrogen) atoms. The summed E-state index contributed by atoms with van der Waals surface area (Å²) in [7, 11) is -1.21. The van der Waals surface area contributed by atoms with Gasteiger partial charge in [-0.3, -0.25) is 9.00 Å². The van der Waals surface area contributed by atoms with E-state index in [4.69, 9.17) is 4.74 Å². The van der Waals surface area contributed by atoms with Gasteiger partial charge in [0.25, 0.3) is 0 Å². The molecule has 6 nitrogen and oxygen atoms in total. The lowest BCUT2D eigenvalue weighted by Gasteiger charge is -2.24. The van der Waals surface area contributed by atoms with E-state index < -0.39 is 22.9 Å². The van der Waals surface area contributed by atoms with Crippen LogP contribution in [0.15, 0.2) is 60.7 Å². The van der Waals surface area contributed by atoms with E-state index in [0.717, 1.165) is 17.5 Å². The summed E-state index contributed by atoms with van der Waals surface area (Å²) < 4.78 is 17.0. The van der Waals surface area contributed by atoms with Crippen LogP contribution < -0.4 is 10.6 Å². The van der Waals surface area contributed by atoms with Crippen molar-refractivity contribution in [1.82, 2.24) is 10.6 Å². The van der Waals surface area contributed by atoms with Crippen LogP contribution in [0, 0.1) is 5.92 Å². The van der Waals surface area contributed by atoms with E-state index in [9.17, 15) is 13.8 Å². The van der Waals surface area contributed by atoms with Gasteiger partial charge in [0.1, 0.15) is 6.61 Å². The summed E-state index contributed by atoms with van der Waals surface area (Å²) in [6, 6.07) is 18.6. The number of benzene rings is 2. The third kappa shape index (κ3) is 10.2. The second-order valence-corrected chi connectivity index (χ2v) is 9.80. The molecule has 0 aromatic heterocycles. The van der Waals surface area contributed by atoms with Crippen molar-refractivity contribution in [2.24, 2.45) is 5.92 Å². The first-order valence-electron chi connectivity index (χ1n) is 10.9. The second-order valence-electron chi connectivity index (χ2n) is 8.37. The molecule has 0 saturated heterocycles. The summed E-state index contributed by atoms with van der Waals surface area (Å²) in [4.78, 5) is 25.1. The molecule has 0 spiro atoms. The Labute approximate surface area is 193 Å². The summed E-state index contributed by atoms with van der Waals surface area (Å²) in [6.45, 7) is 4.78. The maximum atomic E-state index is 12.7. The third-order valence-corrected chi connectivity index (χ3v) is 5.61. The van der Waals surface area contributed by atoms with Crippen molar-refractivity contribution in [3.63, 3.8) is 0 Å². The lowest BCUT2D eigenvalue weighted by Crippen LogP contribution is -2.49. The van der Waals surface area contributed by atoms with Crippen molar-refractivity contribution >= 4 is 22.7 Å². The molecule has 1 amide bonds. The van der Waals surface area contributed by atoms with Gasteiger partial charge in [0.2, 0.25) is 0 Å². The lowest BCUT2D eigenvalue weighted by atomic mass is 10.0. The molecular formula is C25H34N2O4S. The minimum absolute atomic E-state index is 0.00585. The molecule has 3 atom stereocenters. The highest BCUT2D eigenvalue weighted by Crippen LogP contribution is 2.09. The number of rotatable bonds is 13. The highest BCUT2D eigenvalue weighted by atomic mass is 32.2. The molecular weight excluding hydrogens is 424 g/mol. The van der Waals surface area contributed by atoms with Gasteiger partial charge >= 0.3 is 6.09 Å². The number of carbonyl (C=O) groups excluding carboxylic acids is 2. The standard InChI is InChI=1S/C25H34N2O4S/c1-19(2)14-22(27-25(29)31-17-21-12-8-5-9-13-21)16-26-23(24(28)18-32(3)30)15-20-10-6-4-7-11-20/h4-13,19,22-23,26H,14-18H2,1-3H3,(H,27,29). The zero-order chi connectivity index (χ0) is 23.3. The molecule has 0 aliphatic heterocycles. The van der Waals surface area contributed by atoms with Gasteiger partial charge in [0, 0.05) is 29.6 Å². The van der Waals surface area contributed by atoms with Gasteiger partial charge in [-0.15, -0.1) is 0 Å². The lowest BCUT2D eigenvalue weighted by molar-refractivity contribution is -0.118. The van der Waals surface area contributed by atoms with Crippen LogP contribution >= 0.6 is 0 Å². The second kappa shape index (κ2) is 13.8. The molecule has 0 bridgehead atoms. The van der Waals surface area contributed by atoms with Gasteiger partial charge in [0.05, 0.1) is 11.8 Å². The van der Waals surface area contributed by atoms with E-state index in [1.165, 1.54) is 6.26 Å². The quantitative estimate of drug-likeness (QED) is 0.480. The Morgan fingerprint density at radius 2 is 1.56 bits per heavy atom. The molecule has 2 N–H and O–H groups in total. The maximum absolute atomic E-state index is 12.7. The summed E-state index contributed by atoms with van der Waals surface area (Å²) >= 11 is 0. The Balaban J connectivity index is 1.97. The molecule has 0 aliphatic carbocycles. The number of Topliss-reactive ketones (excluding diaryl/α,β-unsaturated/α-hetero) is 1. The topological polar surface area (TPSA) is 84.5 Å². The number of amides is 1. The van der Waals surface area contributed by atoms with Crippen LogP contribution in [-0.2, 0) is 33.4 Å². The number of hydrogen-bond acceptors (Lipinski definition) is 5. The molecule has 0 heterocycles. The van der Waals surface area contributed by atoms with E-state index in [1.54, 1.807) is 0 Å². The molecule has 0 fully saturated rings. The van der Waals surface area contributed by atoms with Crippen LogP contribution in [0.5, 0.6) is 0 Å². The molecule has 174 valence electrons. The van der Waals surface area contributed by atoms with Crippen molar-refractivity contribution in [2.45, 2.75) is 45.4 Å². The number of carbonyl (C=O) groups is 2. The zero-order valence-corrected chi connectivity index (χ0v) is 19.9. The van der Waals surface area contributed by atoms with Gasteiger partial charge in [-0.2, -0.15) is 0 Å². The van der Waals surface area contributed by atoms with E-state index in [0.29, 0.717) is 18.9 Å². The summed E-state index contributed by atoms with van der Waals surface area (Å²) in [6.07, 6.45) is 2.29. The Morgan fingerprint density at radius 1 is 0.969 bits per heavy atom. The Hall–Kier alpha value is -2.51. The first kappa shape index (κ1) is 25.7. The van der Waals surface area contributed by atoms with Gasteiger partial charge in [-0.25, -0.2) is 4.79 Å². The monoisotopic (exact) mass is 458 g/mol. The molecule has 0 aliphatic rings. The predicted octanol–water partition coefficient (Wildman–Crippen LogP) is 3.48. The fraction of sp³-hybridized carbons (Fsp3) is 0.440. The van der Waals surface area contributed by atoms with Gasteiger partial charge in [-0.1, -0.05) is 74.5 Å². The summed E-state index contributed by atoms with van der Waals surface area (Å²) in [5.74, 6) is 0.263. The number of hydrogen-bond donors (Lipinski definition) is 2. The smallest absolute Gasteiger partial charge is 0.407 e. The van der Waals surface area contributed by atoms with E-state index in [-0.39, 0.29) is 24.2 Å². The third-order valence-electron chi connectivity index (χ3n) is 4.92. The normalized spacial score (nSPS) is 13.9. The predicted molar refractivity (Wildman–Crippen MR) is 129 cm³/mol. The van der Waals surface area contributed by atoms with Gasteiger partial charge in [0.15, 0.2) is 5.78 Å². The van der Waals surface area contributed by atoms with Crippen molar-refractivity contribution in [3.8, 4) is 0 Å². The van der Waals surface area contributed by atoms with Crippen molar-refractivity contribution < 1.29 is 18.5 Å². The number of ether oxygens (including phenoxy) is 1. The SMILES string of the molecule is CC(C)CC(CNC(Cc1ccccc1)C(=O)CS(C)=O)NC(=O)OCc1ccccc1. The summed E-state index contributed by atoms with van der Waals surface area (Å²) in [5.41, 5.74) is 1.94. The van der Waals surface area contributed by atoms with Crippen LogP contribution in [0.1, 0.15) is 31.4 Å². The van der Waals surface area contributed by atoms with Crippen LogP contribution in [0.3, 0.4) is 0 Å². The van der Waals surface area contributed by atoms with E-state index in [1.807, 2.05) is 60.7 Å². The largest absolute Gasteiger partial charge is 0.445 e. The molecule has 2 aromatic carbocycles. The Kier molecular flexibility index (Phi) is 11.1. The Morgan fingerprint density at radius 3 is 2.12 bits per heavy atom. The van der Waals surface area contributed by atoms with E-state index >= 15 is 0 Å². The average Bonchev–Trinajstić information content (AvgIpc) is 2.75. The van der Waals surface area contributed by atoms with Crippen LogP contribution in [-0.4, -0.2) is 46.7 Å². The molecule has 0 saturated carbocycles. The molecule has 2 rings (SSSR count). The minimum atomic E-state index is -1.21. The number of alkyl carbamates (subject to hydrolysis) is 1. The van der Waals surface area contributed by atoms with Crippen LogP contribution in [0.25, 0.3) is 0 Å². The van der Waals surface area contributed by atoms with Crippen molar-refractivity contribution in [1.29, 1.82) is 0 Å². The first-order chi connectivity index (χ1) is 15.3. The maximum Gasteiger partial charge on any atom is 0.407 e. The highest BCUT2D eigenvalue weighted by Gasteiger charge is 2.22. The van der Waals surface area contributed by atoms with Crippen LogP contribution in [0.4, 0.5) is 4.79 Å². The van der Waals surface area contributed by atoms with E-state index in [2.05, 4.69) is 24.5 Å². The Bertz CT molecular complexity index is 859. The molecule has 3 unspecified atom stereocenters. The van der Waals surface area contributed by atoms with Crippen molar-refractivity contribution in [2.75, 3.05) is 18.6 Å². The van der Waals surface area contributed by atoms with Gasteiger partial charge < -0.3 is 15.4 Å².